The highest BCUT2D eigenvalue weighted by Gasteiger charge is 2.10. The van der Waals surface area contributed by atoms with Gasteiger partial charge >= 0.3 is 0 Å². The number of benzene rings is 1. The Hall–Kier alpha value is -1.57. The summed E-state index contributed by atoms with van der Waals surface area (Å²) in [5.41, 5.74) is 1.16. The molecule has 0 atom stereocenters. The molecule has 0 aromatic heterocycles. The molecule has 0 amide bonds. The summed E-state index contributed by atoms with van der Waals surface area (Å²) in [6, 6.07) is 10.2. The summed E-state index contributed by atoms with van der Waals surface area (Å²) in [7, 11) is 0. The van der Waals surface area contributed by atoms with Gasteiger partial charge in [-0.05, 0) is 30.9 Å². The Kier molecular flexibility index (Phi) is 3.76. The summed E-state index contributed by atoms with van der Waals surface area (Å²) in [6.07, 6.45) is 7.67. The Morgan fingerprint density at radius 1 is 1.06 bits per heavy atom. The van der Waals surface area contributed by atoms with Crippen molar-refractivity contribution in [1.29, 1.82) is 5.41 Å². The largest absolute Gasteiger partial charge is 0.357 e. The highest BCUT2D eigenvalue weighted by Crippen LogP contribution is 2.10. The van der Waals surface area contributed by atoms with Gasteiger partial charge in [-0.15, -0.1) is 0 Å². The van der Waals surface area contributed by atoms with Gasteiger partial charge in [0.15, 0.2) is 0 Å². The minimum absolute atomic E-state index is 0.642. The van der Waals surface area contributed by atoms with Gasteiger partial charge in [-0.25, -0.2) is 0 Å². The van der Waals surface area contributed by atoms with Crippen molar-refractivity contribution in [2.24, 2.45) is 0 Å². The fraction of sp³-hybridized carbons (Fsp3) is 0.357. The van der Waals surface area contributed by atoms with Crippen molar-refractivity contribution in [2.45, 2.75) is 19.3 Å². The first-order valence-corrected chi connectivity index (χ1v) is 5.93. The van der Waals surface area contributed by atoms with E-state index in [0.29, 0.717) is 5.84 Å². The zero-order chi connectivity index (χ0) is 11.2. The summed E-state index contributed by atoms with van der Waals surface area (Å²) < 4.78 is 0. The zero-order valence-electron chi connectivity index (χ0n) is 9.52. The van der Waals surface area contributed by atoms with Crippen molar-refractivity contribution in [3.63, 3.8) is 0 Å². The summed E-state index contributed by atoms with van der Waals surface area (Å²) >= 11 is 0. The maximum absolute atomic E-state index is 7.97. The lowest BCUT2D eigenvalue weighted by Gasteiger charge is -2.27. The predicted octanol–water partition coefficient (Wildman–Crippen LogP) is 3.16. The molecule has 1 aliphatic rings. The van der Waals surface area contributed by atoms with Crippen molar-refractivity contribution >= 4 is 11.9 Å². The Morgan fingerprint density at radius 3 is 2.44 bits per heavy atom. The molecule has 2 nitrogen and oxygen atoms in total. The standard InChI is InChI=1S/C14H18N2/c15-14(16-11-5-2-6-12-16)10-9-13-7-3-1-4-8-13/h1,3-4,7-10,15H,2,5-6,11-12H2/b10-9-,15-14?. The van der Waals surface area contributed by atoms with Crippen LogP contribution in [0.5, 0.6) is 0 Å². The van der Waals surface area contributed by atoms with E-state index in [4.69, 9.17) is 5.41 Å². The second kappa shape index (κ2) is 5.50. The lowest BCUT2D eigenvalue weighted by atomic mass is 10.1. The van der Waals surface area contributed by atoms with Gasteiger partial charge in [0.2, 0.25) is 0 Å². The van der Waals surface area contributed by atoms with Crippen molar-refractivity contribution in [1.82, 2.24) is 4.90 Å². The van der Waals surface area contributed by atoms with Gasteiger partial charge in [0, 0.05) is 13.1 Å². The third-order valence-corrected chi connectivity index (χ3v) is 2.93. The molecule has 0 aliphatic carbocycles. The van der Waals surface area contributed by atoms with Crippen LogP contribution < -0.4 is 0 Å². The van der Waals surface area contributed by atoms with Crippen molar-refractivity contribution in [3.05, 3.63) is 42.0 Å². The molecular formula is C14H18N2. The van der Waals surface area contributed by atoms with Crippen LogP contribution in [0.2, 0.25) is 0 Å². The lowest BCUT2D eigenvalue weighted by molar-refractivity contribution is 0.342. The first kappa shape index (κ1) is 10.9. The third-order valence-electron chi connectivity index (χ3n) is 2.93. The molecule has 1 fully saturated rings. The van der Waals surface area contributed by atoms with E-state index in [2.05, 4.69) is 17.0 Å². The van der Waals surface area contributed by atoms with E-state index in [1.165, 1.54) is 19.3 Å². The highest BCUT2D eigenvalue weighted by molar-refractivity contribution is 5.94. The van der Waals surface area contributed by atoms with Crippen LogP contribution in [0.15, 0.2) is 36.4 Å². The van der Waals surface area contributed by atoms with Gasteiger partial charge in [0.1, 0.15) is 5.84 Å². The molecule has 1 saturated heterocycles. The lowest BCUT2D eigenvalue weighted by Crippen LogP contribution is -2.33. The second-order valence-electron chi connectivity index (χ2n) is 4.18. The summed E-state index contributed by atoms with van der Waals surface area (Å²) in [6.45, 7) is 2.08. The van der Waals surface area contributed by atoms with Gasteiger partial charge < -0.3 is 4.90 Å². The maximum atomic E-state index is 7.97. The van der Waals surface area contributed by atoms with Crippen LogP contribution in [-0.4, -0.2) is 23.8 Å². The summed E-state index contributed by atoms with van der Waals surface area (Å²) in [5.74, 6) is 0.642. The average Bonchev–Trinajstić information content (AvgIpc) is 2.38. The first-order valence-electron chi connectivity index (χ1n) is 5.93. The van der Waals surface area contributed by atoms with Crippen LogP contribution in [-0.2, 0) is 0 Å². The minimum Gasteiger partial charge on any atom is -0.357 e. The van der Waals surface area contributed by atoms with E-state index >= 15 is 0 Å². The number of amidine groups is 1. The third kappa shape index (κ3) is 2.96. The number of nitrogens with zero attached hydrogens (tertiary/aromatic N) is 1. The number of likely N-dealkylation sites (tertiary alicyclic amines) is 1. The number of nitrogens with one attached hydrogen (secondary N) is 1. The molecule has 0 unspecified atom stereocenters. The van der Waals surface area contributed by atoms with E-state index in [-0.39, 0.29) is 0 Å². The molecule has 1 heterocycles. The van der Waals surface area contributed by atoms with E-state index in [1.807, 2.05) is 30.4 Å². The Balaban J connectivity index is 1.93. The quantitative estimate of drug-likeness (QED) is 0.594. The number of rotatable bonds is 2. The maximum Gasteiger partial charge on any atom is 0.120 e. The fourth-order valence-electron chi connectivity index (χ4n) is 1.98. The molecule has 0 spiro atoms. The second-order valence-corrected chi connectivity index (χ2v) is 4.18. The smallest absolute Gasteiger partial charge is 0.120 e. The molecule has 2 heteroatoms. The first-order chi connectivity index (χ1) is 7.86. The zero-order valence-corrected chi connectivity index (χ0v) is 9.52. The molecular weight excluding hydrogens is 196 g/mol. The van der Waals surface area contributed by atoms with Crippen LogP contribution >= 0.6 is 0 Å². The van der Waals surface area contributed by atoms with E-state index in [1.54, 1.807) is 0 Å². The monoisotopic (exact) mass is 214 g/mol. The Morgan fingerprint density at radius 2 is 1.75 bits per heavy atom. The Labute approximate surface area is 97.1 Å². The van der Waals surface area contributed by atoms with Crippen molar-refractivity contribution < 1.29 is 0 Å². The van der Waals surface area contributed by atoms with Crippen LogP contribution in [0.1, 0.15) is 24.8 Å². The van der Waals surface area contributed by atoms with Crippen LogP contribution in [0.4, 0.5) is 0 Å². The van der Waals surface area contributed by atoms with Crippen molar-refractivity contribution in [3.8, 4) is 0 Å². The van der Waals surface area contributed by atoms with Gasteiger partial charge in [0.05, 0.1) is 0 Å². The molecule has 16 heavy (non-hydrogen) atoms. The molecule has 1 aliphatic heterocycles. The minimum atomic E-state index is 0.642. The van der Waals surface area contributed by atoms with E-state index in [9.17, 15) is 0 Å². The van der Waals surface area contributed by atoms with Gasteiger partial charge in [-0.3, -0.25) is 5.41 Å². The number of hydrogen-bond acceptors (Lipinski definition) is 1. The molecule has 0 radical (unpaired) electrons. The predicted molar refractivity (Wildman–Crippen MR) is 68.6 cm³/mol. The molecule has 2 rings (SSSR count). The average molecular weight is 214 g/mol. The molecule has 0 saturated carbocycles. The highest BCUT2D eigenvalue weighted by atomic mass is 15.2. The Bertz CT molecular complexity index is 362. The molecule has 84 valence electrons. The molecule has 0 bridgehead atoms. The van der Waals surface area contributed by atoms with Gasteiger partial charge in [-0.2, -0.15) is 0 Å². The number of piperidine rings is 1. The number of hydrogen-bond donors (Lipinski definition) is 1. The SMILES string of the molecule is N=C(/C=C\c1ccccc1)N1CCCCC1. The van der Waals surface area contributed by atoms with Gasteiger partial charge in [0.25, 0.3) is 0 Å². The van der Waals surface area contributed by atoms with Crippen LogP contribution in [0, 0.1) is 5.41 Å². The fourth-order valence-corrected chi connectivity index (χ4v) is 1.98. The topological polar surface area (TPSA) is 27.1 Å². The van der Waals surface area contributed by atoms with E-state index < -0.39 is 0 Å². The molecule has 1 aromatic rings. The van der Waals surface area contributed by atoms with Crippen LogP contribution in [0.3, 0.4) is 0 Å². The van der Waals surface area contributed by atoms with Crippen LogP contribution in [0.25, 0.3) is 6.08 Å². The molecule has 1 aromatic carbocycles. The normalized spacial score (nSPS) is 16.6. The van der Waals surface area contributed by atoms with Gasteiger partial charge in [-0.1, -0.05) is 36.4 Å². The summed E-state index contributed by atoms with van der Waals surface area (Å²) in [4.78, 5) is 2.16. The summed E-state index contributed by atoms with van der Waals surface area (Å²) in [5, 5.41) is 7.97. The van der Waals surface area contributed by atoms with E-state index in [0.717, 1.165) is 18.7 Å². The van der Waals surface area contributed by atoms with Crippen molar-refractivity contribution in [2.75, 3.05) is 13.1 Å². The molecule has 1 N–H and O–H groups in total.